The van der Waals surface area contributed by atoms with E-state index in [1.807, 2.05) is 16.8 Å². The number of nitrogens with one attached hydrogen (secondary N) is 1. The first-order chi connectivity index (χ1) is 10.3. The van der Waals surface area contributed by atoms with Gasteiger partial charge in [0.25, 0.3) is 0 Å². The van der Waals surface area contributed by atoms with Crippen LogP contribution in [-0.2, 0) is 0 Å². The number of hydrogen-bond acceptors (Lipinski definition) is 4. The minimum Gasteiger partial charge on any atom is -0.348 e. The number of thiophene rings is 1. The highest BCUT2D eigenvalue weighted by atomic mass is 35.5. The highest BCUT2D eigenvalue weighted by molar-refractivity contribution is 7.10. The maximum absolute atomic E-state index is 5.98. The molecule has 0 saturated carbocycles. The summed E-state index contributed by atoms with van der Waals surface area (Å²) in [4.78, 5) is 5.64. The van der Waals surface area contributed by atoms with Gasteiger partial charge >= 0.3 is 0 Å². The Hall–Kier alpha value is -1.85. The van der Waals surface area contributed by atoms with Crippen LogP contribution in [0.5, 0.6) is 0 Å². The molecule has 1 aliphatic rings. The molecule has 0 bridgehead atoms. The molecular formula is C15H13ClN4S. The van der Waals surface area contributed by atoms with Crippen molar-refractivity contribution in [1.82, 2.24) is 14.8 Å². The van der Waals surface area contributed by atoms with E-state index in [1.54, 1.807) is 17.7 Å². The molecule has 0 unspecified atom stereocenters. The summed E-state index contributed by atoms with van der Waals surface area (Å²) < 4.78 is 1.97. The third-order valence-corrected chi connectivity index (χ3v) is 5.00. The molecule has 2 aromatic heterocycles. The molecule has 0 saturated heterocycles. The Balaban J connectivity index is 1.72. The molecule has 0 amide bonds. The molecule has 106 valence electrons. The lowest BCUT2D eigenvalue weighted by Crippen LogP contribution is -2.27. The van der Waals surface area contributed by atoms with E-state index in [1.165, 1.54) is 10.4 Å². The second kappa shape index (κ2) is 5.16. The Morgan fingerprint density at radius 3 is 2.86 bits per heavy atom. The van der Waals surface area contributed by atoms with Gasteiger partial charge in [-0.15, -0.1) is 11.3 Å². The second-order valence-electron chi connectivity index (χ2n) is 5.04. The van der Waals surface area contributed by atoms with Crippen LogP contribution < -0.4 is 5.32 Å². The van der Waals surface area contributed by atoms with Crippen molar-refractivity contribution in [2.75, 3.05) is 5.32 Å². The molecule has 21 heavy (non-hydrogen) atoms. The van der Waals surface area contributed by atoms with Gasteiger partial charge in [-0.1, -0.05) is 29.8 Å². The van der Waals surface area contributed by atoms with E-state index in [9.17, 15) is 0 Å². The number of fused-ring (bicyclic) bond motifs is 1. The number of halogens is 1. The van der Waals surface area contributed by atoms with Crippen LogP contribution >= 0.6 is 22.9 Å². The van der Waals surface area contributed by atoms with Gasteiger partial charge in [-0.2, -0.15) is 10.1 Å². The van der Waals surface area contributed by atoms with E-state index in [0.717, 1.165) is 17.4 Å². The molecule has 0 spiro atoms. The fraction of sp³-hybridized carbons (Fsp3) is 0.200. The molecule has 0 fully saturated rings. The van der Waals surface area contributed by atoms with Crippen LogP contribution in [0.3, 0.4) is 0 Å². The quantitative estimate of drug-likeness (QED) is 0.772. The van der Waals surface area contributed by atoms with Crippen LogP contribution in [0.1, 0.15) is 28.9 Å². The summed E-state index contributed by atoms with van der Waals surface area (Å²) in [5, 5.41) is 10.7. The van der Waals surface area contributed by atoms with Crippen LogP contribution in [0.4, 0.5) is 5.95 Å². The number of aromatic nitrogens is 3. The fourth-order valence-electron chi connectivity index (χ4n) is 2.75. The first-order valence-corrected chi connectivity index (χ1v) is 8.02. The number of anilines is 1. The molecule has 1 aromatic carbocycles. The number of hydrogen-bond donors (Lipinski definition) is 1. The molecule has 0 radical (unpaired) electrons. The zero-order valence-electron chi connectivity index (χ0n) is 11.1. The summed E-state index contributed by atoms with van der Waals surface area (Å²) in [6, 6.07) is 12.7. The lowest BCUT2D eigenvalue weighted by molar-refractivity contribution is 0.436. The van der Waals surface area contributed by atoms with Gasteiger partial charge in [-0.3, -0.25) is 0 Å². The zero-order chi connectivity index (χ0) is 14.2. The third kappa shape index (κ3) is 2.32. The predicted molar refractivity (Wildman–Crippen MR) is 84.9 cm³/mol. The number of rotatable bonds is 2. The summed E-state index contributed by atoms with van der Waals surface area (Å²) in [7, 11) is 0. The Bertz CT molecular complexity index is 735. The van der Waals surface area contributed by atoms with Gasteiger partial charge in [-0.05, 0) is 35.6 Å². The van der Waals surface area contributed by atoms with Crippen LogP contribution in [0.25, 0.3) is 0 Å². The van der Waals surface area contributed by atoms with Gasteiger partial charge in [0, 0.05) is 9.90 Å². The van der Waals surface area contributed by atoms with E-state index in [0.29, 0.717) is 0 Å². The highest BCUT2D eigenvalue weighted by Crippen LogP contribution is 2.38. The van der Waals surface area contributed by atoms with Crippen molar-refractivity contribution in [3.05, 3.63) is 63.6 Å². The van der Waals surface area contributed by atoms with Crippen molar-refractivity contribution in [2.24, 2.45) is 0 Å². The van der Waals surface area contributed by atoms with Gasteiger partial charge in [0.05, 0.1) is 12.1 Å². The third-order valence-electron chi connectivity index (χ3n) is 3.77. The van der Waals surface area contributed by atoms with E-state index < -0.39 is 0 Å². The van der Waals surface area contributed by atoms with Crippen molar-refractivity contribution < 1.29 is 0 Å². The maximum Gasteiger partial charge on any atom is 0.222 e. The maximum atomic E-state index is 5.98. The highest BCUT2D eigenvalue weighted by Gasteiger charge is 2.30. The molecule has 1 N–H and O–H groups in total. The molecule has 3 heterocycles. The molecule has 1 aliphatic heterocycles. The van der Waals surface area contributed by atoms with Crippen LogP contribution in [-0.4, -0.2) is 14.8 Å². The van der Waals surface area contributed by atoms with Crippen LogP contribution in [0.15, 0.2) is 48.1 Å². The molecule has 3 aromatic rings. The average Bonchev–Trinajstić information content (AvgIpc) is 3.18. The molecule has 4 rings (SSSR count). The number of nitrogens with zero attached hydrogens (tertiary/aromatic N) is 3. The lowest BCUT2D eigenvalue weighted by atomic mass is 9.97. The van der Waals surface area contributed by atoms with Gasteiger partial charge in [0.2, 0.25) is 5.95 Å². The summed E-state index contributed by atoms with van der Waals surface area (Å²) >= 11 is 7.74. The second-order valence-corrected chi connectivity index (χ2v) is 6.46. The summed E-state index contributed by atoms with van der Waals surface area (Å²) in [5.41, 5.74) is 1.22. The summed E-state index contributed by atoms with van der Waals surface area (Å²) in [5.74, 6) is 0.819. The van der Waals surface area contributed by atoms with Gasteiger partial charge in [-0.25, -0.2) is 4.68 Å². The van der Waals surface area contributed by atoms with Crippen LogP contribution in [0.2, 0.25) is 5.02 Å². The van der Waals surface area contributed by atoms with Gasteiger partial charge in [0.1, 0.15) is 6.33 Å². The SMILES string of the molecule is Clc1ccc([C@@H]2C[C@@H](c3cccs3)n3ncnc3N2)cc1. The fourth-order valence-corrected chi connectivity index (χ4v) is 3.70. The van der Waals surface area contributed by atoms with E-state index in [-0.39, 0.29) is 12.1 Å². The van der Waals surface area contributed by atoms with Crippen molar-refractivity contribution in [3.8, 4) is 0 Å². The van der Waals surface area contributed by atoms with E-state index in [2.05, 4.69) is 45.0 Å². The monoisotopic (exact) mass is 316 g/mol. The Morgan fingerprint density at radius 1 is 1.24 bits per heavy atom. The topological polar surface area (TPSA) is 42.7 Å². The first kappa shape index (κ1) is 12.9. The molecular weight excluding hydrogens is 304 g/mol. The Kier molecular flexibility index (Phi) is 3.16. The number of benzene rings is 1. The lowest BCUT2D eigenvalue weighted by Gasteiger charge is -2.31. The van der Waals surface area contributed by atoms with E-state index >= 15 is 0 Å². The smallest absolute Gasteiger partial charge is 0.222 e. The van der Waals surface area contributed by atoms with Crippen LogP contribution in [0, 0.1) is 0 Å². The Morgan fingerprint density at radius 2 is 2.10 bits per heavy atom. The molecule has 6 heteroatoms. The Labute approximate surface area is 131 Å². The van der Waals surface area contributed by atoms with E-state index in [4.69, 9.17) is 11.6 Å². The van der Waals surface area contributed by atoms with Crippen molar-refractivity contribution in [2.45, 2.75) is 18.5 Å². The summed E-state index contributed by atoms with van der Waals surface area (Å²) in [6.45, 7) is 0. The van der Waals surface area contributed by atoms with Crippen molar-refractivity contribution >= 4 is 28.9 Å². The van der Waals surface area contributed by atoms with Crippen molar-refractivity contribution in [3.63, 3.8) is 0 Å². The largest absolute Gasteiger partial charge is 0.348 e. The first-order valence-electron chi connectivity index (χ1n) is 6.76. The zero-order valence-corrected chi connectivity index (χ0v) is 12.7. The summed E-state index contributed by atoms with van der Waals surface area (Å²) in [6.07, 6.45) is 2.55. The minimum atomic E-state index is 0.214. The molecule has 4 nitrogen and oxygen atoms in total. The molecule has 2 atom stereocenters. The van der Waals surface area contributed by atoms with Gasteiger partial charge < -0.3 is 5.32 Å². The van der Waals surface area contributed by atoms with Gasteiger partial charge in [0.15, 0.2) is 0 Å². The van der Waals surface area contributed by atoms with Crippen molar-refractivity contribution in [1.29, 1.82) is 0 Å². The predicted octanol–water partition coefficient (Wildman–Crippen LogP) is 4.14. The average molecular weight is 317 g/mol. The molecule has 0 aliphatic carbocycles. The standard InChI is InChI=1S/C15H13ClN4S/c16-11-5-3-10(4-6-11)12-8-13(14-2-1-7-21-14)20-15(19-12)17-9-18-20/h1-7,9,12-13H,8H2,(H,17,18,19)/t12-,13-/m0/s1. The minimum absolute atomic E-state index is 0.214. The normalized spacial score (nSPS) is 20.8.